The van der Waals surface area contributed by atoms with E-state index in [4.69, 9.17) is 0 Å². The molecule has 5 nitrogen and oxygen atoms in total. The lowest BCUT2D eigenvalue weighted by molar-refractivity contribution is 0.0948. The summed E-state index contributed by atoms with van der Waals surface area (Å²) in [5.74, 6) is -0.164. The highest BCUT2D eigenvalue weighted by molar-refractivity contribution is 5.91. The fourth-order valence-corrected chi connectivity index (χ4v) is 2.65. The summed E-state index contributed by atoms with van der Waals surface area (Å²) in [4.78, 5) is 20.8. The maximum Gasteiger partial charge on any atom is 0.271 e. The van der Waals surface area contributed by atoms with Crippen molar-refractivity contribution in [3.8, 4) is 0 Å². The molecule has 1 amide bonds. The zero-order valence-corrected chi connectivity index (χ0v) is 12.5. The molecule has 1 fully saturated rings. The number of carbonyl (C=O) groups is 1. The predicted molar refractivity (Wildman–Crippen MR) is 84.5 cm³/mol. The first-order valence-corrected chi connectivity index (χ1v) is 7.70. The largest absolute Gasteiger partial charge is 0.350 e. The Morgan fingerprint density at radius 2 is 2.14 bits per heavy atom. The quantitative estimate of drug-likeness (QED) is 0.884. The van der Waals surface area contributed by atoms with Crippen LogP contribution in [-0.4, -0.2) is 29.0 Å². The van der Waals surface area contributed by atoms with E-state index in [2.05, 4.69) is 32.7 Å². The van der Waals surface area contributed by atoms with Gasteiger partial charge in [-0.15, -0.1) is 0 Å². The van der Waals surface area contributed by atoms with Crippen molar-refractivity contribution in [3.05, 3.63) is 59.7 Å². The van der Waals surface area contributed by atoms with Crippen molar-refractivity contribution in [2.24, 2.45) is 0 Å². The number of hydrogen-bond donors (Lipinski definition) is 2. The topological polar surface area (TPSA) is 66.9 Å². The molecule has 0 saturated carbocycles. The van der Waals surface area contributed by atoms with Gasteiger partial charge in [-0.3, -0.25) is 9.78 Å². The minimum Gasteiger partial charge on any atom is -0.350 e. The summed E-state index contributed by atoms with van der Waals surface area (Å²) in [5.41, 5.74) is 2.45. The number of rotatable bonds is 5. The molecule has 5 heteroatoms. The van der Waals surface area contributed by atoms with Crippen molar-refractivity contribution in [2.45, 2.75) is 25.3 Å². The second-order valence-corrected chi connectivity index (χ2v) is 5.47. The van der Waals surface area contributed by atoms with Gasteiger partial charge < -0.3 is 10.6 Å². The normalized spacial score (nSPS) is 17.4. The Bertz CT molecular complexity index is 624. The summed E-state index contributed by atoms with van der Waals surface area (Å²) in [7, 11) is 0. The van der Waals surface area contributed by atoms with Gasteiger partial charge in [0.2, 0.25) is 0 Å². The number of carbonyl (C=O) groups excluding carboxylic acids is 1. The van der Waals surface area contributed by atoms with Crippen molar-refractivity contribution < 1.29 is 4.79 Å². The van der Waals surface area contributed by atoms with Crippen LogP contribution in [0.4, 0.5) is 0 Å². The Morgan fingerprint density at radius 3 is 2.91 bits per heavy atom. The number of amides is 1. The van der Waals surface area contributed by atoms with Crippen LogP contribution in [0.1, 0.15) is 40.6 Å². The number of nitrogens with one attached hydrogen (secondary N) is 2. The molecule has 1 aromatic heterocycles. The van der Waals surface area contributed by atoms with Gasteiger partial charge >= 0.3 is 0 Å². The summed E-state index contributed by atoms with van der Waals surface area (Å²) in [6.45, 7) is 1.59. The van der Waals surface area contributed by atoms with E-state index >= 15 is 0 Å². The zero-order valence-electron chi connectivity index (χ0n) is 12.5. The minimum atomic E-state index is -0.164. The molecule has 1 atom stereocenters. The Morgan fingerprint density at radius 1 is 1.27 bits per heavy atom. The molecule has 1 aliphatic rings. The molecule has 0 unspecified atom stereocenters. The first kappa shape index (κ1) is 14.7. The van der Waals surface area contributed by atoms with Crippen LogP contribution in [0, 0.1) is 0 Å². The number of aromatic nitrogens is 2. The summed E-state index contributed by atoms with van der Waals surface area (Å²) in [5, 5.41) is 6.27. The first-order valence-electron chi connectivity index (χ1n) is 7.70. The minimum absolute atomic E-state index is 0.164. The van der Waals surface area contributed by atoms with Crippen LogP contribution in [0.25, 0.3) is 0 Å². The molecule has 0 aliphatic carbocycles. The highest BCUT2D eigenvalue weighted by Gasteiger charge is 2.19. The van der Waals surface area contributed by atoms with Crippen LogP contribution in [-0.2, 0) is 6.42 Å². The van der Waals surface area contributed by atoms with Crippen molar-refractivity contribution in [1.29, 1.82) is 0 Å². The molecule has 1 aromatic carbocycles. The van der Waals surface area contributed by atoms with Gasteiger partial charge in [-0.05, 0) is 31.4 Å². The van der Waals surface area contributed by atoms with E-state index in [0.717, 1.165) is 31.5 Å². The fraction of sp³-hybridized carbons (Fsp3) is 0.353. The highest BCUT2D eigenvalue weighted by Crippen LogP contribution is 2.20. The first-order chi connectivity index (χ1) is 10.8. The number of hydrogen-bond acceptors (Lipinski definition) is 4. The molecular weight excluding hydrogens is 276 g/mol. The number of nitrogens with zero attached hydrogens (tertiary/aromatic N) is 2. The second-order valence-electron chi connectivity index (χ2n) is 5.47. The third kappa shape index (κ3) is 3.68. The summed E-state index contributed by atoms with van der Waals surface area (Å²) < 4.78 is 0. The average molecular weight is 296 g/mol. The molecule has 0 spiro atoms. The van der Waals surface area contributed by atoms with Crippen LogP contribution in [0.5, 0.6) is 0 Å². The smallest absolute Gasteiger partial charge is 0.271 e. The van der Waals surface area contributed by atoms with Gasteiger partial charge in [0, 0.05) is 6.54 Å². The Balaban J connectivity index is 1.56. The molecule has 1 aliphatic heterocycles. The van der Waals surface area contributed by atoms with Crippen molar-refractivity contribution in [1.82, 2.24) is 20.6 Å². The van der Waals surface area contributed by atoms with E-state index in [-0.39, 0.29) is 11.9 Å². The van der Waals surface area contributed by atoms with Gasteiger partial charge in [0.05, 0.1) is 24.1 Å². The molecule has 2 N–H and O–H groups in total. The van der Waals surface area contributed by atoms with E-state index in [1.165, 1.54) is 11.8 Å². The Labute approximate surface area is 130 Å². The Hall–Kier alpha value is -2.27. The second kappa shape index (κ2) is 7.13. The van der Waals surface area contributed by atoms with E-state index in [0.29, 0.717) is 12.2 Å². The molecule has 1 saturated heterocycles. The predicted octanol–water partition coefficient (Wildman–Crippen LogP) is 1.87. The molecular formula is C17H20N4O. The van der Waals surface area contributed by atoms with Crippen LogP contribution in [0.2, 0.25) is 0 Å². The molecule has 0 radical (unpaired) electrons. The van der Waals surface area contributed by atoms with E-state index in [9.17, 15) is 4.79 Å². The van der Waals surface area contributed by atoms with E-state index in [1.807, 2.05) is 18.2 Å². The third-order valence-corrected chi connectivity index (χ3v) is 3.85. The lowest BCUT2D eigenvalue weighted by atomic mass is 10.1. The average Bonchev–Trinajstić information content (AvgIpc) is 3.10. The van der Waals surface area contributed by atoms with Crippen molar-refractivity contribution in [2.75, 3.05) is 13.1 Å². The van der Waals surface area contributed by atoms with E-state index in [1.54, 1.807) is 6.20 Å². The monoisotopic (exact) mass is 296 g/mol. The van der Waals surface area contributed by atoms with Gasteiger partial charge in [0.25, 0.3) is 5.91 Å². The summed E-state index contributed by atoms with van der Waals surface area (Å²) in [6, 6.07) is 10.3. The lowest BCUT2D eigenvalue weighted by Crippen LogP contribution is -2.27. The van der Waals surface area contributed by atoms with Crippen LogP contribution >= 0.6 is 0 Å². The van der Waals surface area contributed by atoms with Gasteiger partial charge in [-0.25, -0.2) is 4.98 Å². The maximum absolute atomic E-state index is 12.2. The summed E-state index contributed by atoms with van der Waals surface area (Å²) >= 11 is 0. The van der Waals surface area contributed by atoms with Gasteiger partial charge in [0.15, 0.2) is 0 Å². The molecule has 2 aromatic rings. The summed E-state index contributed by atoms with van der Waals surface area (Å²) in [6.07, 6.45) is 6.26. The SMILES string of the molecule is O=C(NCCc1ccccc1)c1cncc([C@@H]2CCCN2)n1. The number of benzene rings is 1. The molecule has 22 heavy (non-hydrogen) atoms. The van der Waals surface area contributed by atoms with Crippen LogP contribution < -0.4 is 10.6 Å². The Kier molecular flexibility index (Phi) is 4.75. The van der Waals surface area contributed by atoms with Gasteiger partial charge in [-0.2, -0.15) is 0 Å². The van der Waals surface area contributed by atoms with Crippen LogP contribution in [0.3, 0.4) is 0 Å². The lowest BCUT2D eigenvalue weighted by Gasteiger charge is -2.10. The fourth-order valence-electron chi connectivity index (χ4n) is 2.65. The maximum atomic E-state index is 12.2. The molecule has 2 heterocycles. The molecule has 3 rings (SSSR count). The van der Waals surface area contributed by atoms with Crippen molar-refractivity contribution >= 4 is 5.91 Å². The highest BCUT2D eigenvalue weighted by atomic mass is 16.1. The van der Waals surface area contributed by atoms with Gasteiger partial charge in [0.1, 0.15) is 5.69 Å². The van der Waals surface area contributed by atoms with Crippen molar-refractivity contribution in [3.63, 3.8) is 0 Å². The van der Waals surface area contributed by atoms with Crippen LogP contribution in [0.15, 0.2) is 42.7 Å². The van der Waals surface area contributed by atoms with Gasteiger partial charge in [-0.1, -0.05) is 30.3 Å². The standard InChI is InChI=1S/C17H20N4O/c22-17(20-10-8-13-5-2-1-3-6-13)16-12-18-11-15(21-16)14-7-4-9-19-14/h1-3,5-6,11-12,14,19H,4,7-10H2,(H,20,22)/t14-/m0/s1. The van der Waals surface area contributed by atoms with E-state index < -0.39 is 0 Å². The molecule has 0 bridgehead atoms. The molecule has 114 valence electrons. The third-order valence-electron chi connectivity index (χ3n) is 3.85. The zero-order chi connectivity index (χ0) is 15.2.